The number of phenolic OH excluding ortho intramolecular Hbond substituents is 1. The Morgan fingerprint density at radius 3 is 2.63 bits per heavy atom. The van der Waals surface area contributed by atoms with Crippen LogP contribution in [0.15, 0.2) is 18.2 Å². The van der Waals surface area contributed by atoms with E-state index in [2.05, 4.69) is 11.8 Å². The Labute approximate surface area is 119 Å². The van der Waals surface area contributed by atoms with E-state index in [4.69, 9.17) is 21.1 Å². The van der Waals surface area contributed by atoms with Gasteiger partial charge in [0.25, 0.3) is 0 Å². The molecule has 1 aromatic rings. The van der Waals surface area contributed by atoms with Crippen molar-refractivity contribution in [2.75, 3.05) is 34.0 Å². The molecule has 0 aliphatic rings. The van der Waals surface area contributed by atoms with Crippen molar-refractivity contribution in [1.29, 1.82) is 0 Å². The highest BCUT2D eigenvalue weighted by Gasteiger charge is 2.14. The van der Waals surface area contributed by atoms with Gasteiger partial charge in [0.05, 0.1) is 18.2 Å². The van der Waals surface area contributed by atoms with Crippen molar-refractivity contribution in [1.82, 2.24) is 4.90 Å². The lowest BCUT2D eigenvalue weighted by molar-refractivity contribution is 0.0705. The van der Waals surface area contributed by atoms with Crippen molar-refractivity contribution >= 4 is 11.6 Å². The van der Waals surface area contributed by atoms with Crippen LogP contribution in [-0.4, -0.2) is 50.0 Å². The molecular formula is C14H22ClNO3. The minimum absolute atomic E-state index is 0.110. The van der Waals surface area contributed by atoms with Gasteiger partial charge in [-0.05, 0) is 24.6 Å². The Hall–Kier alpha value is -0.810. The number of halogens is 1. The highest BCUT2D eigenvalue weighted by atomic mass is 35.5. The molecule has 1 atom stereocenters. The number of phenols is 1. The quantitative estimate of drug-likeness (QED) is 0.798. The Bertz CT molecular complexity index is 387. The highest BCUT2D eigenvalue weighted by Crippen LogP contribution is 2.24. The van der Waals surface area contributed by atoms with E-state index in [-0.39, 0.29) is 11.8 Å². The zero-order chi connectivity index (χ0) is 14.3. The smallest absolute Gasteiger partial charge is 0.134 e. The lowest BCUT2D eigenvalue weighted by Crippen LogP contribution is -2.38. The zero-order valence-electron chi connectivity index (χ0n) is 11.7. The summed E-state index contributed by atoms with van der Waals surface area (Å²) < 4.78 is 10.3. The topological polar surface area (TPSA) is 41.9 Å². The molecule has 0 heterocycles. The summed E-state index contributed by atoms with van der Waals surface area (Å²) in [6, 6.07) is 5.57. The van der Waals surface area contributed by atoms with E-state index >= 15 is 0 Å². The first-order chi connectivity index (χ1) is 9.08. The Balaban J connectivity index is 2.71. The average Bonchev–Trinajstić information content (AvgIpc) is 2.39. The second kappa shape index (κ2) is 8.38. The largest absolute Gasteiger partial charge is 0.506 e. The predicted octanol–water partition coefficient (Wildman–Crippen LogP) is 2.53. The summed E-state index contributed by atoms with van der Waals surface area (Å²) in [4.78, 5) is 2.26. The van der Waals surface area contributed by atoms with Gasteiger partial charge in [-0.3, -0.25) is 4.90 Å². The van der Waals surface area contributed by atoms with Crippen LogP contribution in [-0.2, 0) is 16.0 Å². The minimum Gasteiger partial charge on any atom is -0.506 e. The Kier molecular flexibility index (Phi) is 7.16. The van der Waals surface area contributed by atoms with E-state index < -0.39 is 0 Å². The SMILES string of the molecule is COCCN(Cc1ccc(O)c(Cl)c1)C(C)COC. The number of methoxy groups -OCH3 is 2. The molecule has 0 fully saturated rings. The van der Waals surface area contributed by atoms with E-state index in [0.29, 0.717) is 18.2 Å². The summed E-state index contributed by atoms with van der Waals surface area (Å²) in [5, 5.41) is 9.81. The van der Waals surface area contributed by atoms with Gasteiger partial charge in [0.1, 0.15) is 5.75 Å². The number of aromatic hydroxyl groups is 1. The fraction of sp³-hybridized carbons (Fsp3) is 0.571. The molecule has 0 radical (unpaired) electrons. The number of nitrogens with zero attached hydrogens (tertiary/aromatic N) is 1. The number of hydrogen-bond donors (Lipinski definition) is 1. The third kappa shape index (κ3) is 5.37. The maximum atomic E-state index is 9.43. The third-order valence-electron chi connectivity index (χ3n) is 3.01. The lowest BCUT2D eigenvalue weighted by Gasteiger charge is -2.28. The number of rotatable bonds is 8. The van der Waals surface area contributed by atoms with Crippen LogP contribution in [0.5, 0.6) is 5.75 Å². The maximum Gasteiger partial charge on any atom is 0.134 e. The Morgan fingerprint density at radius 1 is 1.32 bits per heavy atom. The van der Waals surface area contributed by atoms with Crippen molar-refractivity contribution in [3.63, 3.8) is 0 Å². The molecular weight excluding hydrogens is 266 g/mol. The second-order valence-corrected chi connectivity index (χ2v) is 4.96. The van der Waals surface area contributed by atoms with Crippen molar-refractivity contribution in [3.05, 3.63) is 28.8 Å². The summed E-state index contributed by atoms with van der Waals surface area (Å²) in [6.07, 6.45) is 0. The molecule has 0 bridgehead atoms. The monoisotopic (exact) mass is 287 g/mol. The molecule has 4 nitrogen and oxygen atoms in total. The molecule has 0 amide bonds. The summed E-state index contributed by atoms with van der Waals surface area (Å²) in [6.45, 7) is 5.00. The van der Waals surface area contributed by atoms with Crippen LogP contribution in [0.2, 0.25) is 5.02 Å². The van der Waals surface area contributed by atoms with Gasteiger partial charge in [-0.25, -0.2) is 0 Å². The molecule has 1 unspecified atom stereocenters. The minimum atomic E-state index is 0.110. The standard InChI is InChI=1S/C14H22ClNO3/c1-11(10-19-3)16(6-7-18-2)9-12-4-5-14(17)13(15)8-12/h4-5,8,11,17H,6-7,9-10H2,1-3H3. The van der Waals surface area contributed by atoms with Crippen molar-refractivity contribution < 1.29 is 14.6 Å². The molecule has 19 heavy (non-hydrogen) atoms. The first kappa shape index (κ1) is 16.2. The summed E-state index contributed by atoms with van der Waals surface area (Å²) in [5.74, 6) is 0.110. The van der Waals surface area contributed by atoms with E-state index in [9.17, 15) is 5.11 Å². The van der Waals surface area contributed by atoms with Crippen LogP contribution in [0.25, 0.3) is 0 Å². The van der Waals surface area contributed by atoms with Crippen LogP contribution in [0, 0.1) is 0 Å². The molecule has 1 aromatic carbocycles. The Morgan fingerprint density at radius 2 is 2.05 bits per heavy atom. The predicted molar refractivity (Wildman–Crippen MR) is 76.7 cm³/mol. The lowest BCUT2D eigenvalue weighted by atomic mass is 10.1. The fourth-order valence-electron chi connectivity index (χ4n) is 1.89. The molecule has 5 heteroatoms. The van der Waals surface area contributed by atoms with Gasteiger partial charge >= 0.3 is 0 Å². The van der Waals surface area contributed by atoms with Gasteiger partial charge in [-0.2, -0.15) is 0 Å². The van der Waals surface area contributed by atoms with Crippen LogP contribution in [0.4, 0.5) is 0 Å². The van der Waals surface area contributed by atoms with E-state index in [0.717, 1.165) is 18.7 Å². The zero-order valence-corrected chi connectivity index (χ0v) is 12.5. The number of hydrogen-bond acceptors (Lipinski definition) is 4. The van der Waals surface area contributed by atoms with Gasteiger partial charge in [0.2, 0.25) is 0 Å². The normalized spacial score (nSPS) is 12.9. The van der Waals surface area contributed by atoms with Crippen LogP contribution in [0.3, 0.4) is 0 Å². The van der Waals surface area contributed by atoms with Gasteiger partial charge in [-0.1, -0.05) is 17.7 Å². The molecule has 0 aliphatic carbocycles. The number of benzene rings is 1. The molecule has 0 aliphatic heterocycles. The van der Waals surface area contributed by atoms with Gasteiger partial charge < -0.3 is 14.6 Å². The van der Waals surface area contributed by atoms with Gasteiger partial charge in [0.15, 0.2) is 0 Å². The van der Waals surface area contributed by atoms with Crippen LogP contribution >= 0.6 is 11.6 Å². The fourth-order valence-corrected chi connectivity index (χ4v) is 2.10. The molecule has 0 spiro atoms. The molecule has 0 saturated carbocycles. The third-order valence-corrected chi connectivity index (χ3v) is 3.31. The summed E-state index contributed by atoms with van der Waals surface area (Å²) in [5.41, 5.74) is 1.06. The highest BCUT2D eigenvalue weighted by molar-refractivity contribution is 6.32. The molecule has 0 aromatic heterocycles. The van der Waals surface area contributed by atoms with Crippen LogP contribution in [0.1, 0.15) is 12.5 Å². The molecule has 1 N–H and O–H groups in total. The first-order valence-corrected chi connectivity index (χ1v) is 6.65. The van der Waals surface area contributed by atoms with E-state index in [1.54, 1.807) is 26.4 Å². The summed E-state index contributed by atoms with van der Waals surface area (Å²) >= 11 is 5.92. The van der Waals surface area contributed by atoms with Crippen molar-refractivity contribution in [2.24, 2.45) is 0 Å². The van der Waals surface area contributed by atoms with E-state index in [1.807, 2.05) is 6.07 Å². The van der Waals surface area contributed by atoms with Gasteiger partial charge in [-0.15, -0.1) is 0 Å². The second-order valence-electron chi connectivity index (χ2n) is 4.55. The maximum absolute atomic E-state index is 9.43. The number of ether oxygens (including phenoxy) is 2. The molecule has 108 valence electrons. The van der Waals surface area contributed by atoms with E-state index in [1.165, 1.54) is 0 Å². The molecule has 0 saturated heterocycles. The average molecular weight is 288 g/mol. The van der Waals surface area contributed by atoms with Gasteiger partial charge in [0, 0.05) is 33.4 Å². The molecule has 1 rings (SSSR count). The van der Waals surface area contributed by atoms with Crippen molar-refractivity contribution in [3.8, 4) is 5.75 Å². The summed E-state index contributed by atoms with van der Waals surface area (Å²) in [7, 11) is 3.39. The first-order valence-electron chi connectivity index (χ1n) is 6.27. The van der Waals surface area contributed by atoms with Crippen molar-refractivity contribution in [2.45, 2.75) is 19.5 Å². The van der Waals surface area contributed by atoms with Crippen LogP contribution < -0.4 is 0 Å².